The quantitative estimate of drug-likeness (QED) is 0.722. The predicted molar refractivity (Wildman–Crippen MR) is 88.9 cm³/mol. The first-order valence-electron chi connectivity index (χ1n) is 8.00. The van der Waals surface area contributed by atoms with Crippen molar-refractivity contribution in [1.29, 1.82) is 0 Å². The lowest BCUT2D eigenvalue weighted by Gasteiger charge is -2.45. The Morgan fingerprint density at radius 1 is 1.12 bits per heavy atom. The molecule has 0 saturated carbocycles. The Hall–Kier alpha value is -1.68. The minimum Gasteiger partial charge on any atom is -0.497 e. The molecule has 2 aliphatic heterocycles. The number of hydrogen-bond donors (Lipinski definition) is 0. The Bertz CT molecular complexity index is 707. The number of hydrogen-bond acceptors (Lipinski definition) is 6. The molecule has 1 aromatic carbocycles. The highest BCUT2D eigenvalue weighted by Crippen LogP contribution is 2.26. The van der Waals surface area contributed by atoms with Crippen LogP contribution < -0.4 is 4.74 Å². The molecular weight excluding hydrogens is 348 g/mol. The van der Waals surface area contributed by atoms with E-state index in [4.69, 9.17) is 14.2 Å². The van der Waals surface area contributed by atoms with Crippen LogP contribution >= 0.6 is 0 Å². The van der Waals surface area contributed by atoms with Gasteiger partial charge in [-0.25, -0.2) is 8.42 Å². The lowest BCUT2D eigenvalue weighted by molar-refractivity contribution is -0.157. The highest BCUT2D eigenvalue weighted by atomic mass is 32.2. The summed E-state index contributed by atoms with van der Waals surface area (Å²) in [7, 11) is -0.602. The van der Waals surface area contributed by atoms with Gasteiger partial charge in [0.05, 0.1) is 24.2 Å². The van der Waals surface area contributed by atoms with Gasteiger partial charge in [0.15, 0.2) is 0 Å². The molecule has 2 unspecified atom stereocenters. The highest BCUT2D eigenvalue weighted by Gasteiger charge is 2.40. The van der Waals surface area contributed by atoms with Gasteiger partial charge < -0.3 is 19.1 Å². The Kier molecular flexibility index (Phi) is 5.28. The second-order valence-corrected chi connectivity index (χ2v) is 8.05. The first-order valence-corrected chi connectivity index (χ1v) is 9.44. The third-order valence-corrected chi connectivity index (χ3v) is 6.21. The van der Waals surface area contributed by atoms with Crippen molar-refractivity contribution < 1.29 is 27.4 Å². The van der Waals surface area contributed by atoms with Crippen molar-refractivity contribution in [3.8, 4) is 5.75 Å². The summed E-state index contributed by atoms with van der Waals surface area (Å²) in [4.78, 5) is 13.9. The molecule has 2 atom stereocenters. The SMILES string of the molecule is COCC(=O)N1CC2CN(S(=O)(=O)c3ccc(OC)cc3)CC(C1)O2. The average Bonchev–Trinajstić information content (AvgIpc) is 2.61. The molecular formula is C16H22N2O6S. The van der Waals surface area contributed by atoms with Crippen LogP contribution in [0.5, 0.6) is 5.75 Å². The maximum atomic E-state index is 12.9. The van der Waals surface area contributed by atoms with E-state index in [1.807, 2.05) is 0 Å². The minimum atomic E-state index is -3.61. The topological polar surface area (TPSA) is 85.4 Å². The van der Waals surface area contributed by atoms with E-state index in [0.717, 1.165) is 0 Å². The highest BCUT2D eigenvalue weighted by molar-refractivity contribution is 7.89. The van der Waals surface area contributed by atoms with Gasteiger partial charge in [0, 0.05) is 33.3 Å². The van der Waals surface area contributed by atoms with Gasteiger partial charge in [-0.3, -0.25) is 4.79 Å². The molecule has 1 aromatic rings. The summed E-state index contributed by atoms with van der Waals surface area (Å²) in [6.07, 6.45) is -0.664. The third kappa shape index (κ3) is 3.79. The van der Waals surface area contributed by atoms with E-state index in [2.05, 4.69) is 0 Å². The largest absolute Gasteiger partial charge is 0.497 e. The monoisotopic (exact) mass is 370 g/mol. The number of nitrogens with zero attached hydrogens (tertiary/aromatic N) is 2. The zero-order chi connectivity index (χ0) is 18.0. The third-order valence-electron chi connectivity index (χ3n) is 4.37. The van der Waals surface area contributed by atoms with Crippen LogP contribution in [0.4, 0.5) is 0 Å². The van der Waals surface area contributed by atoms with E-state index in [0.29, 0.717) is 18.8 Å². The van der Waals surface area contributed by atoms with Gasteiger partial charge in [0.25, 0.3) is 0 Å². The van der Waals surface area contributed by atoms with Crippen molar-refractivity contribution >= 4 is 15.9 Å². The predicted octanol–water partition coefficient (Wildman–Crippen LogP) is -0.0581. The van der Waals surface area contributed by atoms with Crippen LogP contribution in [0, 0.1) is 0 Å². The van der Waals surface area contributed by atoms with Gasteiger partial charge in [-0.05, 0) is 24.3 Å². The molecule has 3 rings (SSSR count). The van der Waals surface area contributed by atoms with Crippen molar-refractivity contribution in [2.24, 2.45) is 0 Å². The Labute approximate surface area is 147 Å². The first-order chi connectivity index (χ1) is 11.9. The van der Waals surface area contributed by atoms with E-state index in [9.17, 15) is 13.2 Å². The van der Waals surface area contributed by atoms with Crippen molar-refractivity contribution in [1.82, 2.24) is 9.21 Å². The summed E-state index contributed by atoms with van der Waals surface area (Å²) in [5, 5.41) is 0. The fourth-order valence-electron chi connectivity index (χ4n) is 3.17. The van der Waals surface area contributed by atoms with E-state index in [-0.39, 0.29) is 42.7 Å². The summed E-state index contributed by atoms with van der Waals surface area (Å²) in [6.45, 7) is 1.21. The molecule has 2 fully saturated rings. The number of morpholine rings is 2. The van der Waals surface area contributed by atoms with Gasteiger partial charge >= 0.3 is 0 Å². The maximum absolute atomic E-state index is 12.9. The summed E-state index contributed by atoms with van der Waals surface area (Å²) in [6, 6.07) is 6.32. The van der Waals surface area contributed by atoms with Gasteiger partial charge in [0.2, 0.25) is 15.9 Å². The molecule has 0 N–H and O–H groups in total. The molecule has 9 heteroatoms. The van der Waals surface area contributed by atoms with Crippen LogP contribution in [0.2, 0.25) is 0 Å². The molecule has 2 saturated heterocycles. The second kappa shape index (κ2) is 7.28. The number of carbonyl (C=O) groups is 1. The molecule has 0 aromatic heterocycles. The fourth-order valence-corrected chi connectivity index (χ4v) is 4.67. The van der Waals surface area contributed by atoms with Crippen molar-refractivity contribution in [2.75, 3.05) is 47.0 Å². The van der Waals surface area contributed by atoms with Gasteiger partial charge in [-0.2, -0.15) is 4.31 Å². The minimum absolute atomic E-state index is 0.0211. The number of amides is 1. The molecule has 0 radical (unpaired) electrons. The van der Waals surface area contributed by atoms with Crippen LogP contribution in [0.1, 0.15) is 0 Å². The number of ether oxygens (including phenoxy) is 3. The number of benzene rings is 1. The second-order valence-electron chi connectivity index (χ2n) is 6.11. The molecule has 25 heavy (non-hydrogen) atoms. The zero-order valence-electron chi connectivity index (χ0n) is 14.3. The lowest BCUT2D eigenvalue weighted by Crippen LogP contribution is -2.61. The van der Waals surface area contributed by atoms with E-state index in [1.54, 1.807) is 17.0 Å². The molecule has 1 amide bonds. The first kappa shape index (κ1) is 18.1. The Balaban J connectivity index is 1.72. The molecule has 2 aliphatic rings. The van der Waals surface area contributed by atoms with Crippen molar-refractivity contribution in [2.45, 2.75) is 17.1 Å². The van der Waals surface area contributed by atoms with E-state index >= 15 is 0 Å². The van der Waals surface area contributed by atoms with Gasteiger partial charge in [-0.15, -0.1) is 0 Å². The summed E-state index contributed by atoms with van der Waals surface area (Å²) in [5.74, 6) is 0.498. The number of rotatable bonds is 5. The Morgan fingerprint density at radius 2 is 1.72 bits per heavy atom. The van der Waals surface area contributed by atoms with E-state index in [1.165, 1.54) is 30.7 Å². The number of methoxy groups -OCH3 is 2. The van der Waals surface area contributed by atoms with Crippen LogP contribution in [-0.2, 0) is 24.3 Å². The lowest BCUT2D eigenvalue weighted by atomic mass is 10.1. The van der Waals surface area contributed by atoms with Gasteiger partial charge in [0.1, 0.15) is 12.4 Å². The number of sulfonamides is 1. The summed E-state index contributed by atoms with van der Waals surface area (Å²) in [5.41, 5.74) is 0. The van der Waals surface area contributed by atoms with Crippen LogP contribution in [0.3, 0.4) is 0 Å². The Morgan fingerprint density at radius 3 is 2.24 bits per heavy atom. The molecule has 2 heterocycles. The fraction of sp³-hybridized carbons (Fsp3) is 0.562. The number of fused-ring (bicyclic) bond motifs is 2. The zero-order valence-corrected chi connectivity index (χ0v) is 15.1. The van der Waals surface area contributed by atoms with Crippen molar-refractivity contribution in [3.05, 3.63) is 24.3 Å². The molecule has 138 valence electrons. The van der Waals surface area contributed by atoms with Crippen molar-refractivity contribution in [3.63, 3.8) is 0 Å². The van der Waals surface area contributed by atoms with Gasteiger partial charge in [-0.1, -0.05) is 0 Å². The van der Waals surface area contributed by atoms with E-state index < -0.39 is 10.0 Å². The average molecular weight is 370 g/mol. The summed E-state index contributed by atoms with van der Waals surface area (Å²) < 4.78 is 42.9. The number of carbonyl (C=O) groups excluding carboxylic acids is 1. The standard InChI is InChI=1S/C16H22N2O6S/c1-22-11-16(19)17-7-13-9-18(10-14(8-17)24-13)25(20,21)15-5-3-12(23-2)4-6-15/h3-6,13-14H,7-11H2,1-2H3. The smallest absolute Gasteiger partial charge is 0.248 e. The molecule has 0 spiro atoms. The normalized spacial score (nSPS) is 24.2. The van der Waals surface area contributed by atoms with Crippen LogP contribution in [0.25, 0.3) is 0 Å². The molecule has 0 aliphatic carbocycles. The summed E-state index contributed by atoms with van der Waals surface area (Å²) >= 11 is 0. The van der Waals surface area contributed by atoms with Crippen LogP contribution in [0.15, 0.2) is 29.2 Å². The maximum Gasteiger partial charge on any atom is 0.248 e. The molecule has 8 nitrogen and oxygen atoms in total. The molecule has 2 bridgehead atoms. The van der Waals surface area contributed by atoms with Crippen LogP contribution in [-0.4, -0.2) is 82.7 Å².